The van der Waals surface area contributed by atoms with Gasteiger partial charge in [0.2, 0.25) is 0 Å². The van der Waals surface area contributed by atoms with Crippen molar-refractivity contribution in [2.75, 3.05) is 6.54 Å². The first-order valence-electron chi connectivity index (χ1n) is 8.45. The molecule has 6 heteroatoms. The van der Waals surface area contributed by atoms with Gasteiger partial charge in [-0.3, -0.25) is 4.90 Å². The highest BCUT2D eigenvalue weighted by Crippen LogP contribution is 2.31. The Morgan fingerprint density at radius 3 is 2.83 bits per heavy atom. The van der Waals surface area contributed by atoms with Crippen molar-refractivity contribution < 1.29 is 0 Å². The van der Waals surface area contributed by atoms with Gasteiger partial charge >= 0.3 is 0 Å². The molecule has 4 rings (SSSR count). The maximum atomic E-state index is 5.92. The van der Waals surface area contributed by atoms with Crippen LogP contribution in [0, 0.1) is 0 Å². The SMILES string of the molecule is Clc1ncc(CN2CCc3nc(C4CCCCC4)ncc3C2)s1. The second kappa shape index (κ2) is 6.83. The van der Waals surface area contributed by atoms with Crippen molar-refractivity contribution in [2.45, 2.75) is 57.5 Å². The van der Waals surface area contributed by atoms with E-state index in [0.717, 1.165) is 31.9 Å². The molecule has 23 heavy (non-hydrogen) atoms. The monoisotopic (exact) mass is 348 g/mol. The maximum Gasteiger partial charge on any atom is 0.183 e. The Morgan fingerprint density at radius 2 is 2.04 bits per heavy atom. The smallest absolute Gasteiger partial charge is 0.183 e. The van der Waals surface area contributed by atoms with Crippen molar-refractivity contribution in [3.05, 3.63) is 38.8 Å². The van der Waals surface area contributed by atoms with E-state index in [9.17, 15) is 0 Å². The van der Waals surface area contributed by atoms with Gasteiger partial charge in [-0.2, -0.15) is 0 Å². The summed E-state index contributed by atoms with van der Waals surface area (Å²) in [7, 11) is 0. The van der Waals surface area contributed by atoms with Gasteiger partial charge in [0.1, 0.15) is 5.82 Å². The number of nitrogens with zero attached hydrogens (tertiary/aromatic N) is 4. The molecule has 0 amide bonds. The number of hydrogen-bond donors (Lipinski definition) is 0. The summed E-state index contributed by atoms with van der Waals surface area (Å²) in [6, 6.07) is 0. The van der Waals surface area contributed by atoms with E-state index in [4.69, 9.17) is 21.6 Å². The molecule has 122 valence electrons. The summed E-state index contributed by atoms with van der Waals surface area (Å²) >= 11 is 7.48. The lowest BCUT2D eigenvalue weighted by atomic mass is 9.88. The zero-order valence-electron chi connectivity index (χ0n) is 13.2. The van der Waals surface area contributed by atoms with Crippen molar-refractivity contribution in [1.82, 2.24) is 19.9 Å². The van der Waals surface area contributed by atoms with Gasteiger partial charge in [-0.05, 0) is 12.8 Å². The van der Waals surface area contributed by atoms with Crippen molar-refractivity contribution in [3.63, 3.8) is 0 Å². The molecule has 2 aliphatic rings. The molecule has 0 atom stereocenters. The molecule has 1 aliphatic carbocycles. The zero-order chi connectivity index (χ0) is 15.6. The summed E-state index contributed by atoms with van der Waals surface area (Å²) in [6.45, 7) is 2.88. The number of halogens is 1. The fourth-order valence-corrected chi connectivity index (χ4v) is 4.68. The molecule has 4 nitrogen and oxygen atoms in total. The van der Waals surface area contributed by atoms with Crippen LogP contribution in [0.5, 0.6) is 0 Å². The van der Waals surface area contributed by atoms with E-state index in [1.165, 1.54) is 48.2 Å². The van der Waals surface area contributed by atoms with Crippen LogP contribution in [0.4, 0.5) is 0 Å². The maximum absolute atomic E-state index is 5.92. The highest BCUT2D eigenvalue weighted by Gasteiger charge is 2.23. The predicted octanol–water partition coefficient (Wildman–Crippen LogP) is 4.19. The third kappa shape index (κ3) is 3.57. The second-order valence-electron chi connectivity index (χ2n) is 6.58. The van der Waals surface area contributed by atoms with Crippen LogP contribution in [0.25, 0.3) is 0 Å². The van der Waals surface area contributed by atoms with Gasteiger partial charge in [-0.1, -0.05) is 30.9 Å². The molecular formula is C17H21ClN4S. The average Bonchev–Trinajstić information content (AvgIpc) is 3.00. The molecule has 0 unspecified atom stereocenters. The van der Waals surface area contributed by atoms with Crippen LogP contribution in [-0.4, -0.2) is 26.4 Å². The first-order chi connectivity index (χ1) is 11.3. The van der Waals surface area contributed by atoms with Crippen molar-refractivity contribution >= 4 is 22.9 Å². The van der Waals surface area contributed by atoms with Crippen LogP contribution in [0.15, 0.2) is 12.4 Å². The predicted molar refractivity (Wildman–Crippen MR) is 92.8 cm³/mol. The van der Waals surface area contributed by atoms with Crippen molar-refractivity contribution in [1.29, 1.82) is 0 Å². The van der Waals surface area contributed by atoms with Crippen LogP contribution in [0.1, 0.15) is 60.0 Å². The Labute approximate surface area is 145 Å². The van der Waals surface area contributed by atoms with Gasteiger partial charge in [0.05, 0.1) is 0 Å². The van der Waals surface area contributed by atoms with E-state index in [1.54, 1.807) is 11.3 Å². The quantitative estimate of drug-likeness (QED) is 0.834. The molecule has 0 N–H and O–H groups in total. The number of hydrogen-bond acceptors (Lipinski definition) is 5. The van der Waals surface area contributed by atoms with E-state index >= 15 is 0 Å². The third-order valence-electron chi connectivity index (χ3n) is 4.91. The molecule has 3 heterocycles. The summed E-state index contributed by atoms with van der Waals surface area (Å²) in [5, 5.41) is 0. The van der Waals surface area contributed by atoms with Gasteiger partial charge in [0.25, 0.3) is 0 Å². The topological polar surface area (TPSA) is 41.9 Å². The lowest BCUT2D eigenvalue weighted by Crippen LogP contribution is -2.31. The minimum absolute atomic E-state index is 0.589. The summed E-state index contributed by atoms with van der Waals surface area (Å²) in [6.07, 6.45) is 11.5. The normalized spacial score (nSPS) is 19.7. The highest BCUT2D eigenvalue weighted by molar-refractivity contribution is 7.15. The van der Waals surface area contributed by atoms with E-state index in [1.807, 2.05) is 6.20 Å². The Bertz CT molecular complexity index is 681. The van der Waals surface area contributed by atoms with Crippen molar-refractivity contribution in [2.24, 2.45) is 0 Å². The Morgan fingerprint density at radius 1 is 1.17 bits per heavy atom. The molecule has 2 aromatic heterocycles. The molecule has 1 saturated carbocycles. The summed E-state index contributed by atoms with van der Waals surface area (Å²) in [5.74, 6) is 1.68. The van der Waals surface area contributed by atoms with Gasteiger partial charge in [0.15, 0.2) is 4.47 Å². The molecule has 2 aromatic rings. The van der Waals surface area contributed by atoms with Crippen LogP contribution >= 0.6 is 22.9 Å². The lowest BCUT2D eigenvalue weighted by molar-refractivity contribution is 0.244. The molecule has 0 saturated heterocycles. The first kappa shape index (κ1) is 15.5. The van der Waals surface area contributed by atoms with E-state index < -0.39 is 0 Å². The molecule has 1 fully saturated rings. The fraction of sp³-hybridized carbons (Fsp3) is 0.588. The molecule has 1 aliphatic heterocycles. The molecular weight excluding hydrogens is 328 g/mol. The van der Waals surface area contributed by atoms with Crippen LogP contribution in [0.2, 0.25) is 4.47 Å². The summed E-state index contributed by atoms with van der Waals surface area (Å²) in [4.78, 5) is 17.4. The van der Waals surface area contributed by atoms with Crippen LogP contribution in [-0.2, 0) is 19.5 Å². The zero-order valence-corrected chi connectivity index (χ0v) is 14.7. The highest BCUT2D eigenvalue weighted by atomic mass is 35.5. The van der Waals surface area contributed by atoms with E-state index in [2.05, 4.69) is 16.1 Å². The summed E-state index contributed by atoms with van der Waals surface area (Å²) < 4.78 is 0.623. The van der Waals surface area contributed by atoms with E-state index in [0.29, 0.717) is 10.4 Å². The Hall–Kier alpha value is -1.04. The fourth-order valence-electron chi connectivity index (χ4n) is 3.66. The molecule has 0 bridgehead atoms. The number of rotatable bonds is 3. The number of fused-ring (bicyclic) bond motifs is 1. The van der Waals surface area contributed by atoms with E-state index in [-0.39, 0.29) is 0 Å². The Balaban J connectivity index is 1.45. The molecule has 0 aromatic carbocycles. The van der Waals surface area contributed by atoms with Crippen molar-refractivity contribution in [3.8, 4) is 0 Å². The molecule has 0 radical (unpaired) electrons. The minimum atomic E-state index is 0.589. The van der Waals surface area contributed by atoms with Gasteiger partial charge in [-0.25, -0.2) is 15.0 Å². The second-order valence-corrected chi connectivity index (χ2v) is 8.27. The summed E-state index contributed by atoms with van der Waals surface area (Å²) in [5.41, 5.74) is 2.55. The number of aromatic nitrogens is 3. The average molecular weight is 349 g/mol. The Kier molecular flexibility index (Phi) is 4.60. The van der Waals surface area contributed by atoms with Crippen LogP contribution in [0.3, 0.4) is 0 Å². The largest absolute Gasteiger partial charge is 0.293 e. The molecule has 0 spiro atoms. The van der Waals surface area contributed by atoms with Crippen LogP contribution < -0.4 is 0 Å². The third-order valence-corrected chi connectivity index (χ3v) is 6.01. The van der Waals surface area contributed by atoms with Gasteiger partial charge < -0.3 is 0 Å². The standard InChI is InChI=1S/C17H21ClN4S/c18-17-20-9-14(23-17)11-22-7-6-15-13(10-22)8-19-16(21-15)12-4-2-1-3-5-12/h8-9,12H,1-7,10-11H2. The van der Waals surface area contributed by atoms with Gasteiger partial charge in [-0.15, -0.1) is 11.3 Å². The minimum Gasteiger partial charge on any atom is -0.293 e. The van der Waals surface area contributed by atoms with Gasteiger partial charge in [0, 0.05) is 60.5 Å². The number of thiazole rings is 1. The first-order valence-corrected chi connectivity index (χ1v) is 9.64. The lowest BCUT2D eigenvalue weighted by Gasteiger charge is -2.28.